The third-order valence-corrected chi connectivity index (χ3v) is 5.65. The predicted octanol–water partition coefficient (Wildman–Crippen LogP) is 4.69. The van der Waals surface area contributed by atoms with Crippen LogP contribution in [0, 0.1) is 0 Å². The lowest BCUT2D eigenvalue weighted by Crippen LogP contribution is -2.13. The summed E-state index contributed by atoms with van der Waals surface area (Å²) in [5.74, 6) is 0.164. The Kier molecular flexibility index (Phi) is 4.20. The van der Waals surface area contributed by atoms with Crippen LogP contribution in [-0.2, 0) is 12.8 Å². The van der Waals surface area contributed by atoms with Gasteiger partial charge in [-0.05, 0) is 77.0 Å². The van der Waals surface area contributed by atoms with Crippen molar-refractivity contribution in [3.8, 4) is 10.8 Å². The van der Waals surface area contributed by atoms with Gasteiger partial charge in [-0.25, -0.2) is 0 Å². The van der Waals surface area contributed by atoms with Gasteiger partial charge in [0, 0.05) is 5.56 Å². The van der Waals surface area contributed by atoms with Crippen LogP contribution < -0.4 is 5.32 Å². The number of halogens is 1. The summed E-state index contributed by atoms with van der Waals surface area (Å²) < 4.78 is 6.51. The summed E-state index contributed by atoms with van der Waals surface area (Å²) in [5, 5.41) is 10.5. The van der Waals surface area contributed by atoms with E-state index in [9.17, 15) is 4.79 Å². The van der Waals surface area contributed by atoms with Crippen molar-refractivity contribution in [3.63, 3.8) is 0 Å². The van der Waals surface area contributed by atoms with E-state index in [2.05, 4.69) is 31.4 Å². The highest BCUT2D eigenvalue weighted by atomic mass is 79.9. The fourth-order valence-electron chi connectivity index (χ4n) is 2.85. The average Bonchev–Trinajstić information content (AvgIpc) is 3.23. The molecule has 1 aliphatic rings. The first-order valence-electron chi connectivity index (χ1n) is 7.71. The lowest BCUT2D eigenvalue weighted by Gasteiger charge is -2.16. The Bertz CT molecular complexity index is 903. The smallest absolute Gasteiger partial charge is 0.322 e. The highest BCUT2D eigenvalue weighted by Crippen LogP contribution is 2.31. The van der Waals surface area contributed by atoms with Crippen LogP contribution in [-0.4, -0.2) is 16.1 Å². The number of carbonyl (C=O) groups is 1. The summed E-state index contributed by atoms with van der Waals surface area (Å²) in [6, 6.07) is 9.78. The number of benzene rings is 1. The molecule has 0 bridgehead atoms. The van der Waals surface area contributed by atoms with Gasteiger partial charge < -0.3 is 4.42 Å². The Morgan fingerprint density at radius 3 is 2.75 bits per heavy atom. The number of amides is 1. The number of thiophene rings is 1. The van der Waals surface area contributed by atoms with E-state index in [1.807, 2.05) is 30.3 Å². The molecule has 1 aromatic carbocycles. The quantitative estimate of drug-likeness (QED) is 0.688. The second kappa shape index (κ2) is 6.49. The molecule has 0 spiro atoms. The minimum atomic E-state index is -0.231. The first kappa shape index (κ1) is 15.5. The van der Waals surface area contributed by atoms with Crippen molar-refractivity contribution in [2.45, 2.75) is 25.7 Å². The van der Waals surface area contributed by atoms with Crippen molar-refractivity contribution in [1.29, 1.82) is 0 Å². The molecular weight excluding hydrogens is 390 g/mol. The predicted molar refractivity (Wildman–Crippen MR) is 96.3 cm³/mol. The minimum Gasteiger partial charge on any atom is -0.402 e. The molecule has 0 unspecified atom stereocenters. The molecule has 3 aromatic rings. The second-order valence-electron chi connectivity index (χ2n) is 5.66. The Morgan fingerprint density at radius 1 is 1.12 bits per heavy atom. The SMILES string of the molecule is O=C(Nc1nnc(-c2ccc(Br)s2)o1)c1ccc2c(c1)CCCC2. The molecule has 5 nitrogen and oxygen atoms in total. The first-order chi connectivity index (χ1) is 11.7. The second-order valence-corrected chi connectivity index (χ2v) is 8.12. The highest BCUT2D eigenvalue weighted by molar-refractivity contribution is 9.11. The molecule has 0 saturated carbocycles. The average molecular weight is 404 g/mol. The fourth-order valence-corrected chi connectivity index (χ4v) is 4.15. The third kappa shape index (κ3) is 3.14. The summed E-state index contributed by atoms with van der Waals surface area (Å²) in [7, 11) is 0. The fraction of sp³-hybridized carbons (Fsp3) is 0.235. The van der Waals surface area contributed by atoms with E-state index in [0.717, 1.165) is 21.5 Å². The van der Waals surface area contributed by atoms with Crippen LogP contribution in [0.3, 0.4) is 0 Å². The summed E-state index contributed by atoms with van der Waals surface area (Å²) >= 11 is 4.89. The van der Waals surface area contributed by atoms with Crippen molar-refractivity contribution in [2.75, 3.05) is 5.32 Å². The highest BCUT2D eigenvalue weighted by Gasteiger charge is 2.16. The van der Waals surface area contributed by atoms with Gasteiger partial charge in [0.15, 0.2) is 0 Å². The minimum absolute atomic E-state index is 0.109. The van der Waals surface area contributed by atoms with Gasteiger partial charge in [0.1, 0.15) is 0 Å². The summed E-state index contributed by atoms with van der Waals surface area (Å²) in [4.78, 5) is 13.3. The van der Waals surface area contributed by atoms with Gasteiger partial charge >= 0.3 is 6.01 Å². The molecule has 2 heterocycles. The van der Waals surface area contributed by atoms with Crippen molar-refractivity contribution >= 4 is 39.2 Å². The van der Waals surface area contributed by atoms with Crippen molar-refractivity contribution < 1.29 is 9.21 Å². The molecular formula is C17H14BrN3O2S. The topological polar surface area (TPSA) is 68.0 Å². The van der Waals surface area contributed by atoms with E-state index >= 15 is 0 Å². The zero-order chi connectivity index (χ0) is 16.5. The zero-order valence-electron chi connectivity index (χ0n) is 12.7. The number of aromatic nitrogens is 2. The number of nitrogens with one attached hydrogen (secondary N) is 1. The molecule has 0 saturated heterocycles. The van der Waals surface area contributed by atoms with E-state index in [4.69, 9.17) is 4.42 Å². The normalized spacial score (nSPS) is 13.5. The molecule has 1 N–H and O–H groups in total. The lowest BCUT2D eigenvalue weighted by molar-refractivity contribution is 0.102. The summed E-state index contributed by atoms with van der Waals surface area (Å²) in [5.41, 5.74) is 3.24. The zero-order valence-corrected chi connectivity index (χ0v) is 15.1. The summed E-state index contributed by atoms with van der Waals surface area (Å²) in [6.45, 7) is 0. The molecule has 0 atom stereocenters. The van der Waals surface area contributed by atoms with E-state index in [0.29, 0.717) is 11.5 Å². The molecule has 4 rings (SSSR count). The van der Waals surface area contributed by atoms with Gasteiger partial charge in [0.25, 0.3) is 11.8 Å². The lowest BCUT2D eigenvalue weighted by atomic mass is 9.90. The van der Waals surface area contributed by atoms with Gasteiger partial charge in [-0.1, -0.05) is 11.2 Å². The molecule has 2 aromatic heterocycles. The van der Waals surface area contributed by atoms with Crippen LogP contribution in [0.25, 0.3) is 10.8 Å². The van der Waals surface area contributed by atoms with E-state index < -0.39 is 0 Å². The molecule has 7 heteroatoms. The summed E-state index contributed by atoms with van der Waals surface area (Å²) in [6.07, 6.45) is 4.54. The van der Waals surface area contributed by atoms with Crippen LogP contribution in [0.5, 0.6) is 0 Å². The number of carbonyl (C=O) groups excluding carboxylic acids is 1. The van der Waals surface area contributed by atoms with Crippen molar-refractivity contribution in [2.24, 2.45) is 0 Å². The molecule has 24 heavy (non-hydrogen) atoms. The van der Waals surface area contributed by atoms with Crippen LogP contribution >= 0.6 is 27.3 Å². The Balaban J connectivity index is 1.51. The largest absolute Gasteiger partial charge is 0.402 e. The molecule has 122 valence electrons. The number of hydrogen-bond acceptors (Lipinski definition) is 5. The maximum absolute atomic E-state index is 12.4. The van der Waals surface area contributed by atoms with Crippen LogP contribution in [0.15, 0.2) is 38.5 Å². The van der Waals surface area contributed by atoms with Gasteiger partial charge in [-0.15, -0.1) is 16.4 Å². The Hall–Kier alpha value is -1.99. The maximum atomic E-state index is 12.4. The van der Waals surface area contributed by atoms with Gasteiger partial charge in [-0.3, -0.25) is 10.1 Å². The van der Waals surface area contributed by atoms with Gasteiger partial charge in [0.2, 0.25) is 0 Å². The van der Waals surface area contributed by atoms with E-state index in [1.54, 1.807) is 0 Å². The number of hydrogen-bond donors (Lipinski definition) is 1. The van der Waals surface area contributed by atoms with E-state index in [1.165, 1.54) is 35.3 Å². The number of anilines is 1. The standard InChI is InChI=1S/C17H14BrN3O2S/c18-14-8-7-13(24-14)16-20-21-17(23-16)19-15(22)12-6-5-10-3-1-2-4-11(10)9-12/h5-9H,1-4H2,(H,19,21,22). The number of rotatable bonds is 3. The maximum Gasteiger partial charge on any atom is 0.322 e. The number of aryl methyl sites for hydroxylation is 2. The first-order valence-corrected chi connectivity index (χ1v) is 9.32. The van der Waals surface area contributed by atoms with E-state index in [-0.39, 0.29) is 11.9 Å². The van der Waals surface area contributed by atoms with Crippen molar-refractivity contribution in [3.05, 3.63) is 50.8 Å². The molecule has 0 radical (unpaired) electrons. The Morgan fingerprint density at radius 2 is 1.96 bits per heavy atom. The number of fused-ring (bicyclic) bond motifs is 1. The van der Waals surface area contributed by atoms with Crippen molar-refractivity contribution in [1.82, 2.24) is 10.2 Å². The molecule has 1 aliphatic carbocycles. The molecule has 0 fully saturated rings. The molecule has 0 aliphatic heterocycles. The third-order valence-electron chi connectivity index (χ3n) is 4.04. The van der Waals surface area contributed by atoms with Crippen LogP contribution in [0.1, 0.15) is 34.3 Å². The molecule has 1 amide bonds. The monoisotopic (exact) mass is 403 g/mol. The van der Waals surface area contributed by atoms with Gasteiger partial charge in [-0.2, -0.15) is 0 Å². The Labute approximate surface area is 151 Å². The number of nitrogens with zero attached hydrogens (tertiary/aromatic N) is 2. The van der Waals surface area contributed by atoms with Gasteiger partial charge in [0.05, 0.1) is 8.66 Å². The van der Waals surface area contributed by atoms with Crippen LogP contribution in [0.4, 0.5) is 6.01 Å². The van der Waals surface area contributed by atoms with Crippen LogP contribution in [0.2, 0.25) is 0 Å².